The minimum Gasteiger partial charge on any atom is -0.478 e. The van der Waals surface area contributed by atoms with Crippen LogP contribution in [-0.4, -0.2) is 48.2 Å². The molecule has 102 valence electrons. The SMILES string of the molecule is O=C(O)c1cccc(Cl)c1N1CCN2CCCC2C1. The van der Waals surface area contributed by atoms with Crippen LogP contribution >= 0.6 is 11.6 Å². The summed E-state index contributed by atoms with van der Waals surface area (Å²) in [5.74, 6) is -0.911. The molecule has 1 aromatic carbocycles. The third kappa shape index (κ3) is 2.30. The number of fused-ring (bicyclic) bond motifs is 1. The second-order valence-electron chi connectivity index (χ2n) is 5.22. The Labute approximate surface area is 117 Å². The van der Waals surface area contributed by atoms with Gasteiger partial charge in [-0.05, 0) is 31.5 Å². The standard InChI is InChI=1S/C14H17ClN2O2/c15-12-5-1-4-11(14(18)19)13(12)17-8-7-16-6-2-3-10(16)9-17/h1,4-5,10H,2-3,6-9H2,(H,18,19). The van der Waals surface area contributed by atoms with Gasteiger partial charge in [0.05, 0.1) is 16.3 Å². The highest BCUT2D eigenvalue weighted by atomic mass is 35.5. The third-order valence-corrected chi connectivity index (χ3v) is 4.43. The molecule has 0 amide bonds. The molecule has 0 aromatic heterocycles. The number of benzene rings is 1. The van der Waals surface area contributed by atoms with E-state index in [2.05, 4.69) is 9.80 Å². The molecule has 3 rings (SSSR count). The van der Waals surface area contributed by atoms with Crippen LogP contribution in [-0.2, 0) is 0 Å². The Hall–Kier alpha value is -1.26. The minimum absolute atomic E-state index is 0.305. The van der Waals surface area contributed by atoms with Crippen molar-refractivity contribution >= 4 is 23.3 Å². The van der Waals surface area contributed by atoms with Gasteiger partial charge < -0.3 is 10.0 Å². The van der Waals surface area contributed by atoms with E-state index in [4.69, 9.17) is 11.6 Å². The van der Waals surface area contributed by atoms with Gasteiger partial charge in [-0.3, -0.25) is 4.90 Å². The molecular formula is C14H17ClN2O2. The summed E-state index contributed by atoms with van der Waals surface area (Å²) in [5, 5.41) is 9.85. The number of nitrogens with zero attached hydrogens (tertiary/aromatic N) is 2. The van der Waals surface area contributed by atoms with Gasteiger partial charge in [0.15, 0.2) is 0 Å². The Balaban J connectivity index is 1.91. The lowest BCUT2D eigenvalue weighted by molar-refractivity contribution is 0.0697. The van der Waals surface area contributed by atoms with E-state index in [9.17, 15) is 9.90 Å². The summed E-state index contributed by atoms with van der Waals surface area (Å²) in [5.41, 5.74) is 0.988. The van der Waals surface area contributed by atoms with E-state index in [1.54, 1.807) is 18.2 Å². The van der Waals surface area contributed by atoms with Crippen LogP contribution in [0, 0.1) is 0 Å². The molecule has 0 saturated carbocycles. The molecule has 0 aliphatic carbocycles. The Morgan fingerprint density at radius 3 is 2.95 bits per heavy atom. The van der Waals surface area contributed by atoms with Crippen molar-refractivity contribution in [2.75, 3.05) is 31.1 Å². The van der Waals surface area contributed by atoms with Crippen LogP contribution < -0.4 is 4.90 Å². The first-order chi connectivity index (χ1) is 9.16. The molecule has 2 saturated heterocycles. The first kappa shape index (κ1) is 12.8. The van der Waals surface area contributed by atoms with E-state index in [0.717, 1.165) is 19.6 Å². The van der Waals surface area contributed by atoms with Crippen LogP contribution in [0.2, 0.25) is 5.02 Å². The van der Waals surface area contributed by atoms with Crippen molar-refractivity contribution in [3.63, 3.8) is 0 Å². The van der Waals surface area contributed by atoms with Crippen LogP contribution in [0.15, 0.2) is 18.2 Å². The lowest BCUT2D eigenvalue weighted by Crippen LogP contribution is -2.50. The van der Waals surface area contributed by atoms with Gasteiger partial charge in [0, 0.05) is 25.7 Å². The summed E-state index contributed by atoms with van der Waals surface area (Å²) in [4.78, 5) is 16.0. The topological polar surface area (TPSA) is 43.8 Å². The maximum Gasteiger partial charge on any atom is 0.337 e. The van der Waals surface area contributed by atoms with Crippen LogP contribution in [0.25, 0.3) is 0 Å². The number of hydrogen-bond donors (Lipinski definition) is 1. The average Bonchev–Trinajstić information content (AvgIpc) is 2.85. The molecule has 2 heterocycles. The largest absolute Gasteiger partial charge is 0.478 e. The Kier molecular flexibility index (Phi) is 3.37. The molecule has 19 heavy (non-hydrogen) atoms. The number of carboxylic acid groups (broad SMARTS) is 1. The van der Waals surface area contributed by atoms with Crippen molar-refractivity contribution < 1.29 is 9.90 Å². The summed E-state index contributed by atoms with van der Waals surface area (Å²) in [6.45, 7) is 3.90. The summed E-state index contributed by atoms with van der Waals surface area (Å²) in [7, 11) is 0. The van der Waals surface area contributed by atoms with Crippen molar-refractivity contribution in [1.29, 1.82) is 0 Å². The fourth-order valence-electron chi connectivity index (χ4n) is 3.20. The maximum atomic E-state index is 11.3. The minimum atomic E-state index is -0.911. The highest BCUT2D eigenvalue weighted by Crippen LogP contribution is 2.33. The fourth-order valence-corrected chi connectivity index (χ4v) is 3.50. The van der Waals surface area contributed by atoms with Crippen LogP contribution in [0.3, 0.4) is 0 Å². The molecule has 2 aliphatic rings. The van der Waals surface area contributed by atoms with E-state index in [0.29, 0.717) is 22.3 Å². The molecule has 0 spiro atoms. The van der Waals surface area contributed by atoms with E-state index in [1.807, 2.05) is 0 Å². The molecule has 1 atom stereocenters. The van der Waals surface area contributed by atoms with Crippen molar-refractivity contribution in [1.82, 2.24) is 4.90 Å². The van der Waals surface area contributed by atoms with Gasteiger partial charge in [-0.2, -0.15) is 0 Å². The van der Waals surface area contributed by atoms with Crippen molar-refractivity contribution in [2.24, 2.45) is 0 Å². The Bertz CT molecular complexity index is 506. The predicted octanol–water partition coefficient (Wildman–Crippen LogP) is 2.32. The van der Waals surface area contributed by atoms with E-state index < -0.39 is 5.97 Å². The zero-order valence-corrected chi connectivity index (χ0v) is 11.4. The number of rotatable bonds is 2. The van der Waals surface area contributed by atoms with Gasteiger partial charge in [-0.15, -0.1) is 0 Å². The Morgan fingerprint density at radius 1 is 1.32 bits per heavy atom. The fraction of sp³-hybridized carbons (Fsp3) is 0.500. The number of piperazine rings is 1. The average molecular weight is 281 g/mol. The molecule has 0 bridgehead atoms. The highest BCUT2D eigenvalue weighted by Gasteiger charge is 2.32. The van der Waals surface area contributed by atoms with Crippen LogP contribution in [0.5, 0.6) is 0 Å². The van der Waals surface area contributed by atoms with Crippen molar-refractivity contribution in [3.05, 3.63) is 28.8 Å². The summed E-state index contributed by atoms with van der Waals surface area (Å²) in [6, 6.07) is 5.64. The van der Waals surface area contributed by atoms with Gasteiger partial charge >= 0.3 is 5.97 Å². The zero-order chi connectivity index (χ0) is 13.4. The molecule has 2 aliphatic heterocycles. The van der Waals surface area contributed by atoms with Crippen molar-refractivity contribution in [3.8, 4) is 0 Å². The molecule has 1 N–H and O–H groups in total. The van der Waals surface area contributed by atoms with Crippen LogP contribution in [0.1, 0.15) is 23.2 Å². The van der Waals surface area contributed by atoms with E-state index >= 15 is 0 Å². The molecule has 1 unspecified atom stereocenters. The number of para-hydroxylation sites is 1. The lowest BCUT2D eigenvalue weighted by Gasteiger charge is -2.39. The smallest absolute Gasteiger partial charge is 0.337 e. The number of aromatic carboxylic acids is 1. The maximum absolute atomic E-state index is 11.3. The predicted molar refractivity (Wildman–Crippen MR) is 75.2 cm³/mol. The Morgan fingerprint density at radius 2 is 2.16 bits per heavy atom. The third-order valence-electron chi connectivity index (χ3n) is 4.12. The first-order valence-corrected chi connectivity index (χ1v) is 7.05. The molecular weight excluding hydrogens is 264 g/mol. The number of anilines is 1. The molecule has 1 aromatic rings. The summed E-state index contributed by atoms with van der Waals surface area (Å²) < 4.78 is 0. The number of carboxylic acids is 1. The molecule has 5 heteroatoms. The second kappa shape index (κ2) is 5.02. The summed E-state index contributed by atoms with van der Waals surface area (Å²) >= 11 is 6.23. The number of hydrogen-bond acceptors (Lipinski definition) is 3. The highest BCUT2D eigenvalue weighted by molar-refractivity contribution is 6.34. The van der Waals surface area contributed by atoms with Gasteiger partial charge in [0.2, 0.25) is 0 Å². The van der Waals surface area contributed by atoms with Crippen molar-refractivity contribution in [2.45, 2.75) is 18.9 Å². The number of carbonyl (C=O) groups is 1. The zero-order valence-electron chi connectivity index (χ0n) is 10.7. The normalized spacial score (nSPS) is 23.4. The monoisotopic (exact) mass is 280 g/mol. The van der Waals surface area contributed by atoms with E-state index in [1.165, 1.54) is 19.4 Å². The van der Waals surface area contributed by atoms with Gasteiger partial charge in [-0.1, -0.05) is 17.7 Å². The van der Waals surface area contributed by atoms with Crippen LogP contribution in [0.4, 0.5) is 5.69 Å². The number of halogens is 1. The van der Waals surface area contributed by atoms with Gasteiger partial charge in [0.1, 0.15) is 0 Å². The molecule has 2 fully saturated rings. The second-order valence-corrected chi connectivity index (χ2v) is 5.63. The van der Waals surface area contributed by atoms with E-state index in [-0.39, 0.29) is 0 Å². The quantitative estimate of drug-likeness (QED) is 0.903. The van der Waals surface area contributed by atoms with Gasteiger partial charge in [0.25, 0.3) is 0 Å². The first-order valence-electron chi connectivity index (χ1n) is 6.67. The summed E-state index contributed by atoms with van der Waals surface area (Å²) in [6.07, 6.45) is 2.44. The molecule has 4 nitrogen and oxygen atoms in total. The molecule has 0 radical (unpaired) electrons. The van der Waals surface area contributed by atoms with Gasteiger partial charge in [-0.25, -0.2) is 4.79 Å². The lowest BCUT2D eigenvalue weighted by atomic mass is 10.1.